The molecule has 0 spiro atoms. The van der Waals surface area contributed by atoms with E-state index in [-0.39, 0.29) is 0 Å². The van der Waals surface area contributed by atoms with Gasteiger partial charge in [-0.3, -0.25) is 4.68 Å². The van der Waals surface area contributed by atoms with Gasteiger partial charge in [-0.05, 0) is 28.4 Å². The Hall–Kier alpha value is -0.310. The van der Waals surface area contributed by atoms with Crippen LogP contribution in [-0.2, 0) is 6.50 Å². The summed E-state index contributed by atoms with van der Waals surface area (Å²) in [5.74, 6) is 0. The van der Waals surface area contributed by atoms with Crippen LogP contribution in [-0.4, -0.2) is 9.78 Å². The molecule has 0 saturated heterocycles. The summed E-state index contributed by atoms with van der Waals surface area (Å²) in [5, 5.41) is 3.63. The van der Waals surface area contributed by atoms with E-state index in [1.165, 1.54) is 12.3 Å². The molecular formula is C6H9BrN2. The van der Waals surface area contributed by atoms with Crippen LogP contribution in [0, 0.1) is 0 Å². The van der Waals surface area contributed by atoms with Gasteiger partial charge in [-0.25, -0.2) is 0 Å². The Labute approximate surface area is 72.8 Å². The minimum Gasteiger partial charge on any atom is -0.272 e. The molecule has 1 heterocycles. The highest BCUT2D eigenvalue weighted by atomic mass is 79.9. The Morgan fingerprint density at radius 2 is 3.00 bits per heavy atom. The highest BCUT2D eigenvalue weighted by Crippen LogP contribution is 2.03. The molecule has 0 amide bonds. The first kappa shape index (κ1) is 2.09. The molecule has 0 fully saturated rings. The fraction of sp³-hybridized carbons (Fsp3) is 0.500. The smallest absolute Gasteiger partial charge is 0.128 e. The molecule has 1 aromatic heterocycles. The molecule has 0 N–H and O–H groups in total. The average Bonchev–Trinajstić information content (AvgIpc) is 2.49. The van der Waals surface area contributed by atoms with E-state index in [4.69, 9.17) is 9.60 Å². The van der Waals surface area contributed by atoms with E-state index < -0.39 is 19.7 Å². The minimum atomic E-state index is -3.07. The van der Waals surface area contributed by atoms with E-state index in [2.05, 4.69) is 21.0 Å². The van der Waals surface area contributed by atoms with Crippen molar-refractivity contribution in [1.29, 1.82) is 0 Å². The van der Waals surface area contributed by atoms with E-state index in [1.807, 2.05) is 0 Å². The van der Waals surface area contributed by atoms with Gasteiger partial charge >= 0.3 is 0 Å². The molecule has 9 heavy (non-hydrogen) atoms. The second kappa shape index (κ2) is 3.01. The highest BCUT2D eigenvalue weighted by Gasteiger charge is 1.90. The summed E-state index contributed by atoms with van der Waals surface area (Å²) >= 11 is 2.98. The van der Waals surface area contributed by atoms with Gasteiger partial charge in [0.1, 0.15) is 4.60 Å². The maximum Gasteiger partial charge on any atom is 0.128 e. The lowest BCUT2D eigenvalue weighted by Gasteiger charge is -1.93. The van der Waals surface area contributed by atoms with E-state index in [9.17, 15) is 0 Å². The summed E-state index contributed by atoms with van der Waals surface area (Å²) in [5.41, 5.74) is 0. The van der Waals surface area contributed by atoms with Crippen LogP contribution in [0.5, 0.6) is 0 Å². The molecule has 0 aromatic carbocycles. The molecule has 1 aromatic rings. The van der Waals surface area contributed by atoms with Gasteiger partial charge in [0, 0.05) is 19.5 Å². The van der Waals surface area contributed by atoms with Gasteiger partial charge in [-0.1, -0.05) is 6.85 Å². The third-order valence-electron chi connectivity index (χ3n) is 0.727. The van der Waals surface area contributed by atoms with E-state index in [0.717, 1.165) is 0 Å². The van der Waals surface area contributed by atoms with Crippen LogP contribution in [0.25, 0.3) is 0 Å². The summed E-state index contributed by atoms with van der Waals surface area (Å²) < 4.78 is 51.9. The van der Waals surface area contributed by atoms with Gasteiger partial charge in [0.25, 0.3) is 0 Å². The van der Waals surface area contributed by atoms with Gasteiger partial charge in [0.05, 0.1) is 2.74 Å². The molecule has 1 rings (SSSR count). The zero-order valence-corrected chi connectivity index (χ0v) is 6.01. The van der Waals surface area contributed by atoms with Crippen molar-refractivity contribution in [2.45, 2.75) is 19.7 Å². The number of aryl methyl sites for hydroxylation is 1. The van der Waals surface area contributed by atoms with Crippen molar-refractivity contribution >= 4 is 15.9 Å². The first-order chi connectivity index (χ1) is 7.00. The number of hydrogen-bond donors (Lipinski definition) is 0. The van der Waals surface area contributed by atoms with Crippen molar-refractivity contribution in [3.8, 4) is 0 Å². The standard InChI is InChI=1S/C6H9BrN2/c1-2-4-9-5-3-6(7)8-9/h3,5H,2,4H2,1H3/i1D3,2D2,4D2. The number of rotatable bonds is 2. The van der Waals surface area contributed by atoms with Gasteiger partial charge in [0.15, 0.2) is 0 Å². The molecule has 0 unspecified atom stereocenters. The van der Waals surface area contributed by atoms with Crippen LogP contribution in [0.15, 0.2) is 16.9 Å². The third kappa shape index (κ3) is 1.82. The molecule has 0 bridgehead atoms. The second-order valence-electron chi connectivity index (χ2n) is 1.32. The SMILES string of the molecule is [2H]C([2H])([2H])C([2H])([2H])C([2H])([2H])n1ccc(Br)n1. The molecule has 0 aliphatic carbocycles. The predicted octanol–water partition coefficient (Wildman–Crippen LogP) is 2.06. The first-order valence-electron chi connectivity index (χ1n) is 5.72. The summed E-state index contributed by atoms with van der Waals surface area (Å²) in [6.07, 6.45) is -1.86. The van der Waals surface area contributed by atoms with Gasteiger partial charge in [0.2, 0.25) is 0 Å². The normalized spacial score (nSPS) is 26.1. The zero-order chi connectivity index (χ0) is 12.8. The molecule has 0 radical (unpaired) electrons. The first-order valence-corrected chi connectivity index (χ1v) is 3.01. The van der Waals surface area contributed by atoms with Crippen LogP contribution in [0.1, 0.15) is 22.8 Å². The molecule has 50 valence electrons. The Morgan fingerprint density at radius 1 is 2.11 bits per heavy atom. The highest BCUT2D eigenvalue weighted by molar-refractivity contribution is 9.10. The molecule has 0 aliphatic heterocycles. The number of hydrogen-bond acceptors (Lipinski definition) is 1. The zero-order valence-electron chi connectivity index (χ0n) is 11.4. The van der Waals surface area contributed by atoms with E-state index in [0.29, 0.717) is 9.28 Å². The fourth-order valence-corrected chi connectivity index (χ4v) is 0.710. The maximum atomic E-state index is 7.55. The van der Waals surface area contributed by atoms with Crippen molar-refractivity contribution in [2.24, 2.45) is 0 Å². The summed E-state index contributed by atoms with van der Waals surface area (Å²) in [7, 11) is 0. The molecule has 0 saturated carbocycles. The third-order valence-corrected chi connectivity index (χ3v) is 1.15. The van der Waals surface area contributed by atoms with Gasteiger partial charge in [-0.2, -0.15) is 5.10 Å². The van der Waals surface area contributed by atoms with Crippen LogP contribution in [0.4, 0.5) is 0 Å². The lowest BCUT2D eigenvalue weighted by molar-refractivity contribution is 0.599. The molecule has 3 heteroatoms. The van der Waals surface area contributed by atoms with Crippen LogP contribution in [0.2, 0.25) is 0 Å². The van der Waals surface area contributed by atoms with Crippen molar-refractivity contribution < 1.29 is 9.60 Å². The molecule has 0 aliphatic rings. The van der Waals surface area contributed by atoms with Crippen molar-refractivity contribution in [3.05, 3.63) is 16.9 Å². The monoisotopic (exact) mass is 195 g/mol. The fourth-order valence-electron chi connectivity index (χ4n) is 0.421. The van der Waals surface area contributed by atoms with Crippen LogP contribution in [0.3, 0.4) is 0 Å². The number of nitrogens with zero attached hydrogens (tertiary/aromatic N) is 2. The van der Waals surface area contributed by atoms with Crippen molar-refractivity contribution in [3.63, 3.8) is 0 Å². The summed E-state index contributed by atoms with van der Waals surface area (Å²) in [6.45, 7) is -5.83. The van der Waals surface area contributed by atoms with E-state index in [1.54, 1.807) is 0 Å². The topological polar surface area (TPSA) is 17.8 Å². The number of aromatic nitrogens is 2. The van der Waals surface area contributed by atoms with Gasteiger partial charge in [-0.15, -0.1) is 0 Å². The molecule has 2 nitrogen and oxygen atoms in total. The Balaban J connectivity index is 3.21. The maximum absolute atomic E-state index is 7.55. The summed E-state index contributed by atoms with van der Waals surface area (Å²) in [6, 6.07) is 1.40. The van der Waals surface area contributed by atoms with Crippen LogP contribution < -0.4 is 0 Å². The minimum absolute atomic E-state index is 0.303. The lowest BCUT2D eigenvalue weighted by atomic mass is 10.5. The molecule has 0 atom stereocenters. The van der Waals surface area contributed by atoms with Crippen LogP contribution >= 0.6 is 15.9 Å². The largest absolute Gasteiger partial charge is 0.272 e. The van der Waals surface area contributed by atoms with Gasteiger partial charge < -0.3 is 0 Å². The van der Waals surface area contributed by atoms with Crippen molar-refractivity contribution in [1.82, 2.24) is 9.78 Å². The Bertz CT molecular complexity index is 382. The lowest BCUT2D eigenvalue weighted by Crippen LogP contribution is -1.95. The quantitative estimate of drug-likeness (QED) is 0.707. The predicted molar refractivity (Wildman–Crippen MR) is 40.2 cm³/mol. The van der Waals surface area contributed by atoms with E-state index >= 15 is 0 Å². The number of halogens is 1. The Morgan fingerprint density at radius 3 is 3.56 bits per heavy atom. The second-order valence-corrected chi connectivity index (χ2v) is 2.13. The Kier molecular flexibility index (Phi) is 0.699. The average molecular weight is 196 g/mol. The molecular weight excluding hydrogens is 180 g/mol. The van der Waals surface area contributed by atoms with Crippen molar-refractivity contribution in [2.75, 3.05) is 0 Å². The summed E-state index contributed by atoms with van der Waals surface area (Å²) in [4.78, 5) is 0.